The van der Waals surface area contributed by atoms with Crippen molar-refractivity contribution in [3.8, 4) is 11.1 Å². The van der Waals surface area contributed by atoms with Crippen molar-refractivity contribution in [1.29, 1.82) is 0 Å². The molecule has 24 heavy (non-hydrogen) atoms. The fourth-order valence-electron chi connectivity index (χ4n) is 2.58. The predicted octanol–water partition coefficient (Wildman–Crippen LogP) is 3.33. The van der Waals surface area contributed by atoms with Gasteiger partial charge in [0, 0.05) is 50.1 Å². The van der Waals surface area contributed by atoms with Gasteiger partial charge >= 0.3 is 0 Å². The van der Waals surface area contributed by atoms with Crippen LogP contribution in [0.2, 0.25) is 25.7 Å². The lowest BCUT2D eigenvalue weighted by Crippen LogP contribution is -2.22. The van der Waals surface area contributed by atoms with Gasteiger partial charge in [-0.25, -0.2) is 4.68 Å². The molecule has 3 rings (SSSR count). The first-order valence-corrected chi connectivity index (χ1v) is 11.9. The Bertz CT molecular complexity index is 846. The molecule has 1 aromatic carbocycles. The van der Waals surface area contributed by atoms with Gasteiger partial charge in [-0.05, 0) is 18.2 Å². The number of hydrogen-bond donors (Lipinski definition) is 1. The molecule has 3 aromatic rings. The monoisotopic (exact) mass is 343 g/mol. The van der Waals surface area contributed by atoms with Gasteiger partial charge in [-0.2, -0.15) is 10.2 Å². The molecule has 0 saturated heterocycles. The highest BCUT2D eigenvalue weighted by Crippen LogP contribution is 2.30. The molecular formula is C17H25N5OSi. The zero-order chi connectivity index (χ0) is 17.3. The average molecular weight is 344 g/mol. The Morgan fingerprint density at radius 2 is 1.96 bits per heavy atom. The van der Waals surface area contributed by atoms with Crippen LogP contribution in [0, 0.1) is 0 Å². The molecule has 0 atom stereocenters. The average Bonchev–Trinajstić information content (AvgIpc) is 3.09. The van der Waals surface area contributed by atoms with E-state index in [0.29, 0.717) is 6.73 Å². The van der Waals surface area contributed by atoms with Gasteiger partial charge in [0.15, 0.2) is 0 Å². The molecule has 0 spiro atoms. The van der Waals surface area contributed by atoms with Crippen LogP contribution in [0.5, 0.6) is 0 Å². The van der Waals surface area contributed by atoms with Crippen LogP contribution in [0.1, 0.15) is 0 Å². The Kier molecular flexibility index (Phi) is 4.47. The van der Waals surface area contributed by atoms with E-state index in [-0.39, 0.29) is 0 Å². The number of ether oxygens (including phenoxy) is 1. The first-order chi connectivity index (χ1) is 11.3. The van der Waals surface area contributed by atoms with Gasteiger partial charge in [0.25, 0.3) is 0 Å². The van der Waals surface area contributed by atoms with Crippen molar-refractivity contribution in [2.45, 2.75) is 32.4 Å². The quantitative estimate of drug-likeness (QED) is 0.423. The van der Waals surface area contributed by atoms with Crippen molar-refractivity contribution in [3.05, 3.63) is 30.7 Å². The van der Waals surface area contributed by atoms with Crippen LogP contribution < -0.4 is 5.73 Å². The van der Waals surface area contributed by atoms with Crippen molar-refractivity contribution in [1.82, 2.24) is 19.6 Å². The van der Waals surface area contributed by atoms with Crippen LogP contribution in [0.3, 0.4) is 0 Å². The second-order valence-corrected chi connectivity index (χ2v) is 13.0. The van der Waals surface area contributed by atoms with Crippen molar-refractivity contribution in [3.63, 3.8) is 0 Å². The number of nitrogens with two attached hydrogens (primary N) is 1. The number of benzene rings is 1. The molecular weight excluding hydrogens is 318 g/mol. The lowest BCUT2D eigenvalue weighted by atomic mass is 10.1. The van der Waals surface area contributed by atoms with Crippen LogP contribution in [0.25, 0.3) is 22.0 Å². The van der Waals surface area contributed by atoms with E-state index >= 15 is 0 Å². The lowest BCUT2D eigenvalue weighted by Gasteiger charge is -2.15. The van der Waals surface area contributed by atoms with Crippen molar-refractivity contribution < 1.29 is 4.74 Å². The normalized spacial score (nSPS) is 12.2. The summed E-state index contributed by atoms with van der Waals surface area (Å²) in [6.45, 7) is 8.30. The van der Waals surface area contributed by atoms with Crippen LogP contribution in [-0.4, -0.2) is 34.2 Å². The van der Waals surface area contributed by atoms with E-state index in [9.17, 15) is 0 Å². The van der Waals surface area contributed by atoms with Crippen LogP contribution >= 0.6 is 0 Å². The van der Waals surface area contributed by atoms with E-state index in [4.69, 9.17) is 10.5 Å². The van der Waals surface area contributed by atoms with E-state index in [1.807, 2.05) is 41.1 Å². The summed E-state index contributed by atoms with van der Waals surface area (Å²) < 4.78 is 9.40. The molecule has 2 heterocycles. The molecule has 0 amide bonds. The number of nitrogen functional groups attached to an aromatic ring is 1. The Morgan fingerprint density at radius 1 is 1.17 bits per heavy atom. The molecule has 7 heteroatoms. The maximum absolute atomic E-state index is 6.21. The number of fused-ring (bicyclic) bond motifs is 1. The molecule has 0 saturated carbocycles. The minimum Gasteiger partial charge on any atom is -0.398 e. The zero-order valence-corrected chi connectivity index (χ0v) is 15.8. The Hall–Kier alpha value is -2.12. The highest BCUT2D eigenvalue weighted by Gasteiger charge is 2.13. The summed E-state index contributed by atoms with van der Waals surface area (Å²) >= 11 is 0. The fourth-order valence-corrected chi connectivity index (χ4v) is 3.33. The third-order valence-corrected chi connectivity index (χ3v) is 5.79. The number of anilines is 1. The molecule has 0 aliphatic heterocycles. The van der Waals surface area contributed by atoms with Crippen molar-refractivity contribution >= 4 is 24.7 Å². The third-order valence-electron chi connectivity index (χ3n) is 4.08. The largest absolute Gasteiger partial charge is 0.398 e. The number of nitrogens with zero attached hydrogens (tertiary/aromatic N) is 4. The van der Waals surface area contributed by atoms with Gasteiger partial charge in [-0.3, -0.25) is 4.68 Å². The second-order valence-electron chi connectivity index (χ2n) is 7.38. The van der Waals surface area contributed by atoms with E-state index in [1.165, 1.54) is 0 Å². The number of rotatable bonds is 6. The summed E-state index contributed by atoms with van der Waals surface area (Å²) in [4.78, 5) is 0. The molecule has 0 radical (unpaired) electrons. The van der Waals surface area contributed by atoms with Gasteiger partial charge in [0.1, 0.15) is 6.73 Å². The molecule has 2 N–H and O–H groups in total. The number of hydrogen-bond acceptors (Lipinski definition) is 4. The van der Waals surface area contributed by atoms with E-state index in [2.05, 4.69) is 35.9 Å². The molecule has 2 aromatic heterocycles. The highest BCUT2D eigenvalue weighted by atomic mass is 28.3. The van der Waals surface area contributed by atoms with E-state index in [1.54, 1.807) is 0 Å². The summed E-state index contributed by atoms with van der Waals surface area (Å²) in [6.07, 6.45) is 5.63. The van der Waals surface area contributed by atoms with Gasteiger partial charge in [-0.15, -0.1) is 0 Å². The highest BCUT2D eigenvalue weighted by molar-refractivity contribution is 6.76. The minimum atomic E-state index is -1.05. The van der Waals surface area contributed by atoms with Gasteiger partial charge < -0.3 is 10.5 Å². The fraction of sp³-hybridized carbons (Fsp3) is 0.412. The molecule has 0 bridgehead atoms. The van der Waals surface area contributed by atoms with Crippen LogP contribution in [0.4, 0.5) is 5.69 Å². The Morgan fingerprint density at radius 3 is 2.71 bits per heavy atom. The summed E-state index contributed by atoms with van der Waals surface area (Å²) in [7, 11) is 0.874. The molecule has 0 aliphatic rings. The van der Waals surface area contributed by atoms with Crippen LogP contribution in [-0.2, 0) is 18.5 Å². The molecule has 0 fully saturated rings. The minimum absolute atomic E-state index is 0.471. The summed E-state index contributed by atoms with van der Waals surface area (Å²) in [5.41, 5.74) is 9.95. The van der Waals surface area contributed by atoms with Crippen molar-refractivity contribution in [2.75, 3.05) is 12.3 Å². The topological polar surface area (TPSA) is 70.9 Å². The second kappa shape index (κ2) is 6.41. The van der Waals surface area contributed by atoms with E-state index in [0.717, 1.165) is 40.4 Å². The predicted molar refractivity (Wildman–Crippen MR) is 100 cm³/mol. The maximum atomic E-state index is 6.21. The Balaban J connectivity index is 1.73. The summed E-state index contributed by atoms with van der Waals surface area (Å²) in [5.74, 6) is 0. The Labute approximate surface area is 143 Å². The first kappa shape index (κ1) is 16.7. The molecule has 128 valence electrons. The summed E-state index contributed by atoms with van der Waals surface area (Å²) in [6, 6.07) is 5.18. The number of aryl methyl sites for hydroxylation is 1. The third kappa shape index (κ3) is 3.68. The van der Waals surface area contributed by atoms with Gasteiger partial charge in [0.05, 0.1) is 17.9 Å². The van der Waals surface area contributed by atoms with Crippen LogP contribution in [0.15, 0.2) is 30.7 Å². The van der Waals surface area contributed by atoms with Crippen molar-refractivity contribution in [2.24, 2.45) is 7.05 Å². The summed E-state index contributed by atoms with van der Waals surface area (Å²) in [5, 5.41) is 9.70. The SMILES string of the molecule is Cn1ncc2cc(N)c(-c3cnn(COCC[Si](C)(C)C)c3)cc21. The zero-order valence-electron chi connectivity index (χ0n) is 14.8. The first-order valence-electron chi connectivity index (χ1n) is 8.15. The standard InChI is InChI=1S/C17H25N5OSi/c1-21-17-8-15(16(18)7-13(17)9-19-21)14-10-20-22(11-14)12-23-5-6-24(2,3)4/h7-11H,5-6,12,18H2,1-4H3. The van der Waals surface area contributed by atoms with E-state index < -0.39 is 8.07 Å². The maximum Gasteiger partial charge on any atom is 0.139 e. The molecule has 6 nitrogen and oxygen atoms in total. The molecule has 0 aliphatic carbocycles. The van der Waals surface area contributed by atoms with Gasteiger partial charge in [-0.1, -0.05) is 19.6 Å². The molecule has 0 unspecified atom stereocenters. The lowest BCUT2D eigenvalue weighted by molar-refractivity contribution is 0.0786. The smallest absolute Gasteiger partial charge is 0.139 e. The van der Waals surface area contributed by atoms with Gasteiger partial charge in [0.2, 0.25) is 0 Å². The number of aromatic nitrogens is 4.